The number of nitro groups is 1. The van der Waals surface area contributed by atoms with E-state index in [4.69, 9.17) is 16.3 Å². The Balaban J connectivity index is 2.56. The lowest BCUT2D eigenvalue weighted by molar-refractivity contribution is -0.385. The molecule has 0 saturated carbocycles. The summed E-state index contributed by atoms with van der Waals surface area (Å²) in [5.41, 5.74) is -0.219. The van der Waals surface area contributed by atoms with E-state index >= 15 is 0 Å². The van der Waals surface area contributed by atoms with E-state index in [0.29, 0.717) is 12.5 Å². The van der Waals surface area contributed by atoms with E-state index in [9.17, 15) is 14.5 Å². The summed E-state index contributed by atoms with van der Waals surface area (Å²) in [5.74, 6) is 0.00681. The third-order valence-corrected chi connectivity index (χ3v) is 2.42. The van der Waals surface area contributed by atoms with Gasteiger partial charge in [-0.3, -0.25) is 10.1 Å². The molecule has 0 spiro atoms. The van der Waals surface area contributed by atoms with Gasteiger partial charge in [0, 0.05) is 18.0 Å². The van der Waals surface area contributed by atoms with Crippen LogP contribution in [0.5, 0.6) is 5.75 Å². The Labute approximate surface area is 103 Å². The molecule has 94 valence electrons. The first kappa shape index (κ1) is 13.7. The molecule has 0 radical (unpaired) electrons. The highest BCUT2D eigenvalue weighted by Crippen LogP contribution is 2.27. The van der Waals surface area contributed by atoms with Crippen LogP contribution < -0.4 is 4.74 Å². The molecular weight excluding hydrogens is 249 g/mol. The summed E-state index contributed by atoms with van der Waals surface area (Å²) < 4.78 is 18.1. The predicted octanol–water partition coefficient (Wildman–Crippen LogP) is 3.52. The Hall–Kier alpha value is -1.36. The topological polar surface area (TPSA) is 52.4 Å². The van der Waals surface area contributed by atoms with E-state index in [1.807, 2.05) is 0 Å². The Bertz CT molecular complexity index is 387. The largest absolute Gasteiger partial charge is 0.487 e. The van der Waals surface area contributed by atoms with Crippen molar-refractivity contribution in [2.24, 2.45) is 0 Å². The molecule has 6 heteroatoms. The van der Waals surface area contributed by atoms with Crippen LogP contribution in [0.3, 0.4) is 0 Å². The molecule has 1 aromatic rings. The van der Waals surface area contributed by atoms with Crippen LogP contribution in [-0.2, 0) is 0 Å². The molecule has 0 aliphatic rings. The summed E-state index contributed by atoms with van der Waals surface area (Å²) in [6.45, 7) is 0.321. The molecule has 0 bridgehead atoms. The molecule has 0 heterocycles. The summed E-state index contributed by atoms with van der Waals surface area (Å²) in [6, 6.07) is 3.17. The van der Waals surface area contributed by atoms with Gasteiger partial charge in [-0.2, -0.15) is 0 Å². The molecule has 0 aliphatic carbocycles. The zero-order chi connectivity index (χ0) is 12.7. The Morgan fingerprint density at radius 2 is 2.12 bits per heavy atom. The third-order valence-electron chi connectivity index (χ3n) is 2.15. The fourth-order valence-electron chi connectivity index (χ4n) is 1.31. The summed E-state index contributed by atoms with van der Waals surface area (Å²) in [5, 5.41) is 10.7. The van der Waals surface area contributed by atoms with Crippen LogP contribution in [0, 0.1) is 15.9 Å². The first-order valence-electron chi connectivity index (χ1n) is 5.28. The molecule has 0 atom stereocenters. The quantitative estimate of drug-likeness (QED) is 0.327. The highest BCUT2D eigenvalue weighted by atomic mass is 35.5. The maximum absolute atomic E-state index is 12.9. The van der Waals surface area contributed by atoms with Gasteiger partial charge in [-0.1, -0.05) is 0 Å². The van der Waals surface area contributed by atoms with Gasteiger partial charge in [0.25, 0.3) is 0 Å². The maximum atomic E-state index is 12.9. The number of unbranched alkanes of at least 4 members (excludes halogenated alkanes) is 2. The number of halogens is 2. The van der Waals surface area contributed by atoms with E-state index < -0.39 is 10.7 Å². The third kappa shape index (κ3) is 4.56. The average molecular weight is 262 g/mol. The normalized spacial score (nSPS) is 10.2. The monoisotopic (exact) mass is 261 g/mol. The van der Waals surface area contributed by atoms with Crippen molar-refractivity contribution in [3.05, 3.63) is 34.1 Å². The number of nitro benzene ring substituents is 1. The van der Waals surface area contributed by atoms with Crippen LogP contribution in [0.2, 0.25) is 0 Å². The van der Waals surface area contributed by atoms with E-state index in [1.165, 1.54) is 0 Å². The van der Waals surface area contributed by atoms with Crippen LogP contribution in [0.15, 0.2) is 18.2 Å². The summed E-state index contributed by atoms with van der Waals surface area (Å²) >= 11 is 5.51. The van der Waals surface area contributed by atoms with Crippen LogP contribution in [-0.4, -0.2) is 17.4 Å². The van der Waals surface area contributed by atoms with E-state index in [-0.39, 0.29) is 11.4 Å². The van der Waals surface area contributed by atoms with Crippen molar-refractivity contribution in [1.82, 2.24) is 0 Å². The summed E-state index contributed by atoms with van der Waals surface area (Å²) in [6.07, 6.45) is 2.49. The lowest BCUT2D eigenvalue weighted by Gasteiger charge is -2.06. The molecule has 1 rings (SSSR count). The van der Waals surface area contributed by atoms with Crippen molar-refractivity contribution in [2.75, 3.05) is 12.5 Å². The first-order chi connectivity index (χ1) is 8.15. The van der Waals surface area contributed by atoms with Crippen molar-refractivity contribution in [2.45, 2.75) is 19.3 Å². The highest BCUT2D eigenvalue weighted by Gasteiger charge is 2.15. The summed E-state index contributed by atoms with van der Waals surface area (Å²) in [4.78, 5) is 10.1. The lowest BCUT2D eigenvalue weighted by atomic mass is 10.2. The van der Waals surface area contributed by atoms with Crippen molar-refractivity contribution in [1.29, 1.82) is 0 Å². The Morgan fingerprint density at radius 3 is 2.76 bits per heavy atom. The van der Waals surface area contributed by atoms with Crippen LogP contribution >= 0.6 is 11.6 Å². The smallest absolute Gasteiger partial charge is 0.311 e. The van der Waals surface area contributed by atoms with Gasteiger partial charge >= 0.3 is 5.69 Å². The van der Waals surface area contributed by atoms with Gasteiger partial charge in [-0.25, -0.2) is 4.39 Å². The van der Waals surface area contributed by atoms with E-state index in [0.717, 1.165) is 37.5 Å². The van der Waals surface area contributed by atoms with Gasteiger partial charge in [-0.05, 0) is 25.3 Å². The number of benzene rings is 1. The number of alkyl halides is 1. The molecule has 0 aromatic heterocycles. The molecule has 0 unspecified atom stereocenters. The number of rotatable bonds is 7. The molecule has 17 heavy (non-hydrogen) atoms. The minimum Gasteiger partial charge on any atom is -0.487 e. The van der Waals surface area contributed by atoms with Gasteiger partial charge in [0.15, 0.2) is 5.75 Å². The molecule has 0 N–H and O–H groups in total. The van der Waals surface area contributed by atoms with Gasteiger partial charge in [0.05, 0.1) is 11.5 Å². The second-order valence-electron chi connectivity index (χ2n) is 3.47. The zero-order valence-corrected chi connectivity index (χ0v) is 9.95. The van der Waals surface area contributed by atoms with Gasteiger partial charge < -0.3 is 4.74 Å². The van der Waals surface area contributed by atoms with Crippen molar-refractivity contribution in [3.8, 4) is 5.75 Å². The lowest BCUT2D eigenvalue weighted by Crippen LogP contribution is -2.01. The van der Waals surface area contributed by atoms with E-state index in [1.54, 1.807) is 0 Å². The highest BCUT2D eigenvalue weighted by molar-refractivity contribution is 6.17. The number of nitrogens with zero attached hydrogens (tertiary/aromatic N) is 1. The Morgan fingerprint density at radius 1 is 1.35 bits per heavy atom. The average Bonchev–Trinajstić information content (AvgIpc) is 2.28. The van der Waals surface area contributed by atoms with Crippen molar-refractivity contribution >= 4 is 17.3 Å². The number of ether oxygens (including phenoxy) is 1. The predicted molar refractivity (Wildman–Crippen MR) is 63.1 cm³/mol. The number of hydrogen-bond donors (Lipinski definition) is 0. The Kier molecular flexibility index (Phi) is 5.69. The minimum absolute atomic E-state index is 0.0270. The minimum atomic E-state index is -0.590. The molecule has 0 aliphatic heterocycles. The number of hydrogen-bond acceptors (Lipinski definition) is 3. The molecule has 0 saturated heterocycles. The second-order valence-corrected chi connectivity index (χ2v) is 3.85. The van der Waals surface area contributed by atoms with Crippen molar-refractivity contribution < 1.29 is 14.1 Å². The second kappa shape index (κ2) is 7.06. The zero-order valence-electron chi connectivity index (χ0n) is 9.20. The van der Waals surface area contributed by atoms with Crippen LogP contribution in [0.25, 0.3) is 0 Å². The van der Waals surface area contributed by atoms with E-state index in [2.05, 4.69) is 0 Å². The first-order valence-corrected chi connectivity index (χ1v) is 5.81. The summed E-state index contributed by atoms with van der Waals surface area (Å²) in [7, 11) is 0. The molecule has 0 amide bonds. The van der Waals surface area contributed by atoms with Gasteiger partial charge in [-0.15, -0.1) is 11.6 Å². The van der Waals surface area contributed by atoms with Crippen LogP contribution in [0.1, 0.15) is 19.3 Å². The standard InChI is InChI=1S/C11H13ClFNO3/c12-6-2-1-3-7-17-11-8-9(13)4-5-10(11)14(15)16/h4-5,8H,1-3,6-7H2. The van der Waals surface area contributed by atoms with Crippen molar-refractivity contribution in [3.63, 3.8) is 0 Å². The molecule has 4 nitrogen and oxygen atoms in total. The SMILES string of the molecule is O=[N+]([O-])c1ccc(F)cc1OCCCCCCl. The molecule has 0 fully saturated rings. The maximum Gasteiger partial charge on any atom is 0.311 e. The molecule has 1 aromatic carbocycles. The van der Waals surface area contributed by atoms with Gasteiger partial charge in [0.1, 0.15) is 5.82 Å². The van der Waals surface area contributed by atoms with Crippen LogP contribution in [0.4, 0.5) is 10.1 Å². The van der Waals surface area contributed by atoms with Gasteiger partial charge in [0.2, 0.25) is 0 Å². The fourth-order valence-corrected chi connectivity index (χ4v) is 1.50. The molecular formula is C11H13ClFNO3. The fraction of sp³-hybridized carbons (Fsp3) is 0.455.